The molecule has 0 saturated heterocycles. The standard InChI is InChI=1S/C13H21N5/c1-15-13(9-14,11-4-5-11)10-17(2)8-12-16-6-7-18(12)3/h6-7,11,15H,4-5,8,10H2,1-3H3. The van der Waals surface area contributed by atoms with Crippen LogP contribution in [0.25, 0.3) is 0 Å². The minimum absolute atomic E-state index is 0.403. The van der Waals surface area contributed by atoms with Crippen molar-refractivity contribution in [1.82, 2.24) is 19.8 Å². The molecule has 5 nitrogen and oxygen atoms in total. The largest absolute Gasteiger partial charge is 0.337 e. The van der Waals surface area contributed by atoms with Gasteiger partial charge in [-0.3, -0.25) is 4.90 Å². The molecule has 0 aliphatic heterocycles. The molecule has 0 spiro atoms. The summed E-state index contributed by atoms with van der Waals surface area (Å²) in [6.07, 6.45) is 6.06. The van der Waals surface area contributed by atoms with Gasteiger partial charge in [-0.1, -0.05) is 0 Å². The highest BCUT2D eigenvalue weighted by molar-refractivity contribution is 5.16. The SMILES string of the molecule is CNC(C#N)(CN(C)Cc1nccn1C)C1CC1. The van der Waals surface area contributed by atoms with Crippen LogP contribution in [0, 0.1) is 17.2 Å². The molecular weight excluding hydrogens is 226 g/mol. The van der Waals surface area contributed by atoms with E-state index in [4.69, 9.17) is 0 Å². The summed E-state index contributed by atoms with van der Waals surface area (Å²) in [6, 6.07) is 2.47. The van der Waals surface area contributed by atoms with Crippen LogP contribution in [0.1, 0.15) is 18.7 Å². The van der Waals surface area contributed by atoms with E-state index in [1.165, 1.54) is 0 Å². The predicted octanol–water partition coefficient (Wildman–Crippen LogP) is 0.744. The van der Waals surface area contributed by atoms with Crippen LogP contribution in [-0.2, 0) is 13.6 Å². The van der Waals surface area contributed by atoms with Gasteiger partial charge in [0.1, 0.15) is 11.4 Å². The molecule has 1 aliphatic rings. The average molecular weight is 247 g/mol. The number of rotatable bonds is 6. The van der Waals surface area contributed by atoms with Crippen LogP contribution < -0.4 is 5.32 Å². The van der Waals surface area contributed by atoms with E-state index in [1.54, 1.807) is 6.20 Å². The van der Waals surface area contributed by atoms with Crippen molar-refractivity contribution in [2.45, 2.75) is 24.9 Å². The lowest BCUT2D eigenvalue weighted by Crippen LogP contribution is -2.52. The molecule has 1 aliphatic carbocycles. The third-order valence-corrected chi connectivity index (χ3v) is 3.77. The molecule has 0 bridgehead atoms. The van der Waals surface area contributed by atoms with Crippen molar-refractivity contribution < 1.29 is 0 Å². The molecule has 18 heavy (non-hydrogen) atoms. The maximum absolute atomic E-state index is 9.46. The first-order valence-electron chi connectivity index (χ1n) is 6.36. The molecule has 1 fully saturated rings. The second-order valence-electron chi connectivity index (χ2n) is 5.23. The number of imidazole rings is 1. The van der Waals surface area contributed by atoms with Crippen LogP contribution >= 0.6 is 0 Å². The Balaban J connectivity index is 2.00. The smallest absolute Gasteiger partial charge is 0.122 e. The predicted molar refractivity (Wildman–Crippen MR) is 69.7 cm³/mol. The summed E-state index contributed by atoms with van der Waals surface area (Å²) in [5.41, 5.74) is -0.403. The van der Waals surface area contributed by atoms with E-state index >= 15 is 0 Å². The van der Waals surface area contributed by atoms with Crippen molar-refractivity contribution in [3.05, 3.63) is 18.2 Å². The Morgan fingerprint density at radius 3 is 2.83 bits per heavy atom. The second-order valence-corrected chi connectivity index (χ2v) is 5.23. The molecule has 5 heteroatoms. The number of nitrogens with one attached hydrogen (secondary N) is 1. The zero-order valence-corrected chi connectivity index (χ0v) is 11.3. The van der Waals surface area contributed by atoms with E-state index in [0.717, 1.165) is 31.8 Å². The van der Waals surface area contributed by atoms with Gasteiger partial charge in [-0.25, -0.2) is 4.98 Å². The Bertz CT molecular complexity index is 442. The number of aryl methyl sites for hydroxylation is 1. The van der Waals surface area contributed by atoms with Crippen LogP contribution in [0.4, 0.5) is 0 Å². The van der Waals surface area contributed by atoms with Gasteiger partial charge < -0.3 is 9.88 Å². The highest BCUT2D eigenvalue weighted by Crippen LogP contribution is 2.39. The molecule has 1 atom stereocenters. The van der Waals surface area contributed by atoms with Crippen LogP contribution in [0.2, 0.25) is 0 Å². The van der Waals surface area contributed by atoms with E-state index in [2.05, 4.69) is 21.3 Å². The fourth-order valence-corrected chi connectivity index (χ4v) is 2.44. The van der Waals surface area contributed by atoms with Crippen LogP contribution in [0.5, 0.6) is 0 Å². The summed E-state index contributed by atoms with van der Waals surface area (Å²) in [4.78, 5) is 6.48. The normalized spacial score (nSPS) is 18.6. The van der Waals surface area contributed by atoms with Gasteiger partial charge in [-0.05, 0) is 32.9 Å². The quantitative estimate of drug-likeness (QED) is 0.805. The first-order chi connectivity index (χ1) is 8.61. The first kappa shape index (κ1) is 13.1. The van der Waals surface area contributed by atoms with E-state index in [-0.39, 0.29) is 0 Å². The summed E-state index contributed by atoms with van der Waals surface area (Å²) in [7, 11) is 5.92. The molecule has 1 aromatic heterocycles. The summed E-state index contributed by atoms with van der Waals surface area (Å²) >= 11 is 0. The lowest BCUT2D eigenvalue weighted by atomic mass is 9.94. The van der Waals surface area contributed by atoms with Crippen molar-refractivity contribution in [2.75, 3.05) is 20.6 Å². The van der Waals surface area contributed by atoms with Gasteiger partial charge in [0.15, 0.2) is 0 Å². The van der Waals surface area contributed by atoms with Gasteiger partial charge in [-0.15, -0.1) is 0 Å². The fourth-order valence-electron chi connectivity index (χ4n) is 2.44. The lowest BCUT2D eigenvalue weighted by molar-refractivity contribution is 0.225. The molecule has 1 aromatic rings. The highest BCUT2D eigenvalue weighted by atomic mass is 15.2. The van der Waals surface area contributed by atoms with Gasteiger partial charge in [0.2, 0.25) is 0 Å². The molecule has 0 aromatic carbocycles. The van der Waals surface area contributed by atoms with Crippen LogP contribution in [0.15, 0.2) is 12.4 Å². The minimum Gasteiger partial charge on any atom is -0.337 e. The number of nitriles is 1. The second kappa shape index (κ2) is 5.09. The summed E-state index contributed by atoms with van der Waals surface area (Å²) < 4.78 is 2.01. The molecule has 98 valence electrons. The molecule has 1 saturated carbocycles. The van der Waals surface area contributed by atoms with Gasteiger partial charge in [-0.2, -0.15) is 5.26 Å². The molecule has 0 amide bonds. The zero-order chi connectivity index (χ0) is 13.2. The average Bonchev–Trinajstić information content (AvgIpc) is 3.13. The summed E-state index contributed by atoms with van der Waals surface area (Å²) in [5, 5.41) is 12.7. The van der Waals surface area contributed by atoms with Crippen molar-refractivity contribution >= 4 is 0 Å². The molecule has 0 radical (unpaired) electrons. The van der Waals surface area contributed by atoms with Crippen molar-refractivity contribution in [3.8, 4) is 6.07 Å². The van der Waals surface area contributed by atoms with Gasteiger partial charge in [0, 0.05) is 26.0 Å². The van der Waals surface area contributed by atoms with Gasteiger partial charge in [0.05, 0.1) is 12.6 Å². The minimum atomic E-state index is -0.403. The molecule has 1 unspecified atom stereocenters. The van der Waals surface area contributed by atoms with E-state index in [9.17, 15) is 5.26 Å². The molecule has 1 heterocycles. The zero-order valence-electron chi connectivity index (χ0n) is 11.3. The number of likely N-dealkylation sites (N-methyl/N-ethyl adjacent to an activating group) is 2. The number of nitrogens with zero attached hydrogens (tertiary/aromatic N) is 4. The number of hydrogen-bond donors (Lipinski definition) is 1. The Labute approximate surface area is 108 Å². The summed E-state index contributed by atoms with van der Waals surface area (Å²) in [5.74, 6) is 1.52. The maximum Gasteiger partial charge on any atom is 0.122 e. The van der Waals surface area contributed by atoms with Crippen molar-refractivity contribution in [3.63, 3.8) is 0 Å². The Kier molecular flexibility index (Phi) is 3.69. The molecular formula is C13H21N5. The monoisotopic (exact) mass is 247 g/mol. The van der Waals surface area contributed by atoms with Gasteiger partial charge in [0.25, 0.3) is 0 Å². The van der Waals surface area contributed by atoms with Crippen LogP contribution in [0.3, 0.4) is 0 Å². The van der Waals surface area contributed by atoms with E-state index in [0.29, 0.717) is 5.92 Å². The lowest BCUT2D eigenvalue weighted by Gasteiger charge is -2.31. The van der Waals surface area contributed by atoms with E-state index in [1.807, 2.05) is 31.9 Å². The Morgan fingerprint density at radius 2 is 2.39 bits per heavy atom. The topological polar surface area (TPSA) is 56.9 Å². The first-order valence-corrected chi connectivity index (χ1v) is 6.36. The van der Waals surface area contributed by atoms with Gasteiger partial charge >= 0.3 is 0 Å². The molecule has 1 N–H and O–H groups in total. The maximum atomic E-state index is 9.46. The number of aromatic nitrogens is 2. The summed E-state index contributed by atoms with van der Waals surface area (Å²) in [6.45, 7) is 1.50. The highest BCUT2D eigenvalue weighted by Gasteiger charge is 2.45. The fraction of sp³-hybridized carbons (Fsp3) is 0.692. The third-order valence-electron chi connectivity index (χ3n) is 3.77. The Morgan fingerprint density at radius 1 is 1.67 bits per heavy atom. The van der Waals surface area contributed by atoms with Crippen molar-refractivity contribution in [1.29, 1.82) is 5.26 Å². The van der Waals surface area contributed by atoms with Crippen LogP contribution in [-0.4, -0.2) is 40.6 Å². The number of hydrogen-bond acceptors (Lipinski definition) is 4. The Hall–Kier alpha value is -1.38. The third kappa shape index (κ3) is 2.55. The molecule has 2 rings (SSSR count). The van der Waals surface area contributed by atoms with Crippen molar-refractivity contribution in [2.24, 2.45) is 13.0 Å². The van der Waals surface area contributed by atoms with E-state index < -0.39 is 5.54 Å².